The Labute approximate surface area is 119 Å². The smallest absolute Gasteiger partial charge is 0.204 e. The van der Waals surface area contributed by atoms with Gasteiger partial charge in [-0.15, -0.1) is 0 Å². The zero-order valence-electron chi connectivity index (χ0n) is 11.0. The van der Waals surface area contributed by atoms with E-state index in [1.165, 1.54) is 19.1 Å². The molecule has 0 aliphatic rings. The lowest BCUT2D eigenvalue weighted by Crippen LogP contribution is -2.05. The number of phenols is 4. The molecule has 0 atom stereocenters. The molecule has 2 rings (SSSR count). The second-order valence-electron chi connectivity index (χ2n) is 4.44. The molecule has 6 heteroatoms. The van der Waals surface area contributed by atoms with Gasteiger partial charge in [-0.2, -0.15) is 0 Å². The van der Waals surface area contributed by atoms with Crippen molar-refractivity contribution in [1.29, 1.82) is 0 Å². The Morgan fingerprint density at radius 2 is 1.48 bits per heavy atom. The second-order valence-corrected chi connectivity index (χ2v) is 4.44. The Bertz CT molecular complexity index is 748. The molecule has 0 radical (unpaired) electrons. The lowest BCUT2D eigenvalue weighted by atomic mass is 9.97. The van der Waals surface area contributed by atoms with Gasteiger partial charge in [0.15, 0.2) is 5.78 Å². The first-order valence-corrected chi connectivity index (χ1v) is 5.95. The van der Waals surface area contributed by atoms with Crippen LogP contribution in [0.15, 0.2) is 30.3 Å². The van der Waals surface area contributed by atoms with Crippen LogP contribution in [0.3, 0.4) is 0 Å². The number of Topliss-reactive ketones (excluding diaryl/α,β-unsaturated/α-hetero) is 1. The first-order chi connectivity index (χ1) is 9.82. The van der Waals surface area contributed by atoms with Gasteiger partial charge in [0.25, 0.3) is 0 Å². The Morgan fingerprint density at radius 1 is 0.857 bits per heavy atom. The van der Waals surface area contributed by atoms with Crippen LogP contribution in [-0.2, 0) is 0 Å². The largest absolute Gasteiger partial charge is 0.508 e. The molecule has 2 aromatic carbocycles. The summed E-state index contributed by atoms with van der Waals surface area (Å²) in [6, 6.07) is 5.57. The molecule has 0 aliphatic heterocycles. The SMILES string of the molecule is CC(=O)c1ccc(O)c(C(=O)c2cc(O)ccc2O)c1O. The minimum absolute atomic E-state index is 0.129. The predicted octanol–water partition coefficient (Wildman–Crippen LogP) is 1.94. The lowest BCUT2D eigenvalue weighted by molar-refractivity contribution is 0.101. The Hall–Kier alpha value is -3.02. The molecule has 6 nitrogen and oxygen atoms in total. The number of hydrogen-bond acceptors (Lipinski definition) is 6. The van der Waals surface area contributed by atoms with Crippen LogP contribution in [0.25, 0.3) is 0 Å². The third-order valence-electron chi connectivity index (χ3n) is 2.99. The van der Waals surface area contributed by atoms with Gasteiger partial charge in [-0.3, -0.25) is 9.59 Å². The van der Waals surface area contributed by atoms with Crippen LogP contribution in [0.1, 0.15) is 33.2 Å². The second kappa shape index (κ2) is 5.16. The van der Waals surface area contributed by atoms with E-state index < -0.39 is 34.4 Å². The van der Waals surface area contributed by atoms with Crippen LogP contribution in [0, 0.1) is 0 Å². The fraction of sp³-hybridized carbons (Fsp3) is 0.0667. The van der Waals surface area contributed by atoms with Crippen molar-refractivity contribution in [3.63, 3.8) is 0 Å². The molecular formula is C15H12O6. The number of benzene rings is 2. The van der Waals surface area contributed by atoms with E-state index in [0.29, 0.717) is 0 Å². The zero-order valence-corrected chi connectivity index (χ0v) is 11.0. The fourth-order valence-corrected chi connectivity index (χ4v) is 1.93. The average Bonchev–Trinajstić information content (AvgIpc) is 2.41. The first kappa shape index (κ1) is 14.4. The highest BCUT2D eigenvalue weighted by Crippen LogP contribution is 2.35. The maximum atomic E-state index is 12.3. The van der Waals surface area contributed by atoms with Crippen molar-refractivity contribution in [2.75, 3.05) is 0 Å². The van der Waals surface area contributed by atoms with E-state index in [9.17, 15) is 30.0 Å². The summed E-state index contributed by atoms with van der Waals surface area (Å²) < 4.78 is 0. The van der Waals surface area contributed by atoms with Crippen LogP contribution < -0.4 is 0 Å². The average molecular weight is 288 g/mol. The molecule has 0 saturated heterocycles. The van der Waals surface area contributed by atoms with E-state index in [2.05, 4.69) is 0 Å². The number of hydrogen-bond donors (Lipinski definition) is 4. The van der Waals surface area contributed by atoms with Crippen molar-refractivity contribution in [2.45, 2.75) is 6.92 Å². The standard InChI is InChI=1S/C15H12O6/c1-7(16)9-3-5-12(19)13(14(9)20)15(21)10-6-8(17)2-4-11(10)18/h2-6,17-20H,1H3. The predicted molar refractivity (Wildman–Crippen MR) is 73.0 cm³/mol. The lowest BCUT2D eigenvalue weighted by Gasteiger charge is -2.10. The molecule has 0 saturated carbocycles. The number of aromatic hydroxyl groups is 4. The van der Waals surface area contributed by atoms with Gasteiger partial charge in [-0.1, -0.05) is 0 Å². The van der Waals surface area contributed by atoms with Gasteiger partial charge in [0.1, 0.15) is 28.6 Å². The summed E-state index contributed by atoms with van der Waals surface area (Å²) in [5.41, 5.74) is -0.944. The summed E-state index contributed by atoms with van der Waals surface area (Å²) in [6.07, 6.45) is 0. The maximum absolute atomic E-state index is 12.3. The van der Waals surface area contributed by atoms with Crippen molar-refractivity contribution >= 4 is 11.6 Å². The highest BCUT2D eigenvalue weighted by atomic mass is 16.3. The normalized spacial score (nSPS) is 10.3. The van der Waals surface area contributed by atoms with Gasteiger partial charge in [0.2, 0.25) is 5.78 Å². The minimum atomic E-state index is -0.915. The van der Waals surface area contributed by atoms with Crippen molar-refractivity contribution in [1.82, 2.24) is 0 Å². The van der Waals surface area contributed by atoms with Crippen LogP contribution in [0.5, 0.6) is 23.0 Å². The van der Waals surface area contributed by atoms with E-state index in [4.69, 9.17) is 0 Å². The van der Waals surface area contributed by atoms with Gasteiger partial charge in [0.05, 0.1) is 11.1 Å². The number of carbonyl (C=O) groups excluding carboxylic acids is 2. The van der Waals surface area contributed by atoms with E-state index in [0.717, 1.165) is 18.2 Å². The van der Waals surface area contributed by atoms with Crippen LogP contribution in [0.4, 0.5) is 0 Å². The molecule has 108 valence electrons. The van der Waals surface area contributed by atoms with E-state index in [1.54, 1.807) is 0 Å². The molecule has 0 fully saturated rings. The van der Waals surface area contributed by atoms with Crippen molar-refractivity contribution in [3.05, 3.63) is 47.0 Å². The fourth-order valence-electron chi connectivity index (χ4n) is 1.93. The van der Waals surface area contributed by atoms with Crippen LogP contribution in [0.2, 0.25) is 0 Å². The highest BCUT2D eigenvalue weighted by Gasteiger charge is 2.24. The maximum Gasteiger partial charge on any atom is 0.204 e. The van der Waals surface area contributed by atoms with E-state index in [-0.39, 0.29) is 16.9 Å². The number of ketones is 2. The summed E-state index contributed by atoms with van der Waals surface area (Å²) in [5, 5.41) is 38.8. The minimum Gasteiger partial charge on any atom is -0.508 e. The third-order valence-corrected chi connectivity index (χ3v) is 2.99. The number of phenolic OH excluding ortho intramolecular Hbond substituents is 4. The molecule has 4 N–H and O–H groups in total. The van der Waals surface area contributed by atoms with Gasteiger partial charge >= 0.3 is 0 Å². The van der Waals surface area contributed by atoms with Gasteiger partial charge in [-0.05, 0) is 37.3 Å². The monoisotopic (exact) mass is 288 g/mol. The van der Waals surface area contributed by atoms with E-state index >= 15 is 0 Å². The molecule has 21 heavy (non-hydrogen) atoms. The summed E-state index contributed by atoms with van der Waals surface area (Å²) in [6.45, 7) is 1.20. The Morgan fingerprint density at radius 3 is 2.10 bits per heavy atom. The Kier molecular flexibility index (Phi) is 3.54. The number of carbonyl (C=O) groups is 2. The first-order valence-electron chi connectivity index (χ1n) is 5.95. The quantitative estimate of drug-likeness (QED) is 0.507. The number of rotatable bonds is 3. The van der Waals surface area contributed by atoms with Crippen LogP contribution >= 0.6 is 0 Å². The van der Waals surface area contributed by atoms with Gasteiger partial charge in [0, 0.05) is 0 Å². The van der Waals surface area contributed by atoms with Crippen molar-refractivity contribution < 1.29 is 30.0 Å². The molecule has 0 amide bonds. The summed E-state index contributed by atoms with van der Waals surface area (Å²) >= 11 is 0. The summed E-state index contributed by atoms with van der Waals surface area (Å²) in [7, 11) is 0. The molecule has 0 unspecified atom stereocenters. The molecule has 0 spiro atoms. The topological polar surface area (TPSA) is 115 Å². The molecule has 0 bridgehead atoms. The van der Waals surface area contributed by atoms with Gasteiger partial charge < -0.3 is 20.4 Å². The molecular weight excluding hydrogens is 276 g/mol. The van der Waals surface area contributed by atoms with E-state index in [1.807, 2.05) is 0 Å². The summed E-state index contributed by atoms with van der Waals surface area (Å²) in [5.74, 6) is -3.30. The molecule has 2 aromatic rings. The van der Waals surface area contributed by atoms with Crippen molar-refractivity contribution in [2.24, 2.45) is 0 Å². The third kappa shape index (κ3) is 2.51. The zero-order chi connectivity index (χ0) is 15.7. The molecule has 0 aliphatic carbocycles. The summed E-state index contributed by atoms with van der Waals surface area (Å²) in [4.78, 5) is 23.7. The van der Waals surface area contributed by atoms with Gasteiger partial charge in [-0.25, -0.2) is 0 Å². The molecule has 0 aromatic heterocycles. The van der Waals surface area contributed by atoms with Crippen molar-refractivity contribution in [3.8, 4) is 23.0 Å². The molecule has 0 heterocycles. The van der Waals surface area contributed by atoms with Crippen LogP contribution in [-0.4, -0.2) is 32.0 Å². The highest BCUT2D eigenvalue weighted by molar-refractivity contribution is 6.15. The Balaban J connectivity index is 2.66.